The van der Waals surface area contributed by atoms with Crippen molar-refractivity contribution in [3.63, 3.8) is 0 Å². The Kier molecular flexibility index (Phi) is 3.33. The van der Waals surface area contributed by atoms with Crippen LogP contribution in [0.4, 0.5) is 0 Å². The minimum atomic E-state index is 0.400. The summed E-state index contributed by atoms with van der Waals surface area (Å²) in [6.07, 6.45) is 9.79. The van der Waals surface area contributed by atoms with E-state index in [0.717, 1.165) is 19.6 Å². The molecule has 1 aliphatic carbocycles. The van der Waals surface area contributed by atoms with E-state index in [4.69, 9.17) is 0 Å². The first-order valence-electron chi connectivity index (χ1n) is 6.79. The molecule has 6 nitrogen and oxygen atoms in total. The maximum absolute atomic E-state index is 4.30. The molecule has 0 bridgehead atoms. The molecule has 1 N–H and O–H groups in total. The van der Waals surface area contributed by atoms with Crippen molar-refractivity contribution in [1.82, 2.24) is 29.9 Å². The molecule has 1 aliphatic rings. The summed E-state index contributed by atoms with van der Waals surface area (Å²) in [5, 5.41) is 12.0. The highest BCUT2D eigenvalue weighted by Gasteiger charge is 2.42. The minimum Gasteiger partial charge on any atom is -0.312 e. The number of nitrogens with zero attached hydrogens (tertiary/aromatic N) is 5. The van der Waals surface area contributed by atoms with Crippen LogP contribution < -0.4 is 5.32 Å². The van der Waals surface area contributed by atoms with Gasteiger partial charge in [0.25, 0.3) is 0 Å². The molecule has 19 heavy (non-hydrogen) atoms. The summed E-state index contributed by atoms with van der Waals surface area (Å²) >= 11 is 0. The Labute approximate surface area is 112 Å². The minimum absolute atomic E-state index is 0.400. The van der Waals surface area contributed by atoms with Crippen LogP contribution in [-0.2, 0) is 13.1 Å². The number of hydrogen-bond acceptors (Lipinski definition) is 4. The molecule has 6 heteroatoms. The van der Waals surface area contributed by atoms with Crippen molar-refractivity contribution in [3.05, 3.63) is 31.1 Å². The fourth-order valence-corrected chi connectivity index (χ4v) is 2.37. The zero-order chi connectivity index (χ0) is 13.1. The molecule has 2 heterocycles. The van der Waals surface area contributed by atoms with Gasteiger partial charge in [0, 0.05) is 36.9 Å². The molecule has 0 unspecified atom stereocenters. The Morgan fingerprint density at radius 1 is 1.32 bits per heavy atom. The summed E-state index contributed by atoms with van der Waals surface area (Å²) in [7, 11) is 0. The first-order chi connectivity index (χ1) is 9.26. The van der Waals surface area contributed by atoms with Gasteiger partial charge in [-0.3, -0.25) is 9.36 Å². The summed E-state index contributed by atoms with van der Waals surface area (Å²) in [4.78, 5) is 3.96. The Balaban J connectivity index is 1.46. The molecule has 2 aromatic heterocycles. The van der Waals surface area contributed by atoms with Crippen molar-refractivity contribution >= 4 is 0 Å². The molecular formula is C13H20N6. The second kappa shape index (κ2) is 5.13. The van der Waals surface area contributed by atoms with E-state index in [1.807, 2.05) is 27.8 Å². The summed E-state index contributed by atoms with van der Waals surface area (Å²) in [6, 6.07) is 2.38. The van der Waals surface area contributed by atoms with E-state index in [1.54, 1.807) is 12.7 Å². The van der Waals surface area contributed by atoms with Gasteiger partial charge in [0.2, 0.25) is 0 Å². The van der Waals surface area contributed by atoms with Crippen molar-refractivity contribution < 1.29 is 0 Å². The Bertz CT molecular complexity index is 485. The SMILES string of the molecule is C[C@@H](Cn1cncn1)NCC1(Cn2cccn2)CC1. The van der Waals surface area contributed by atoms with Crippen molar-refractivity contribution in [1.29, 1.82) is 0 Å². The smallest absolute Gasteiger partial charge is 0.137 e. The molecule has 3 rings (SSSR count). The molecule has 102 valence electrons. The van der Waals surface area contributed by atoms with Crippen LogP contribution in [0.1, 0.15) is 19.8 Å². The lowest BCUT2D eigenvalue weighted by Crippen LogP contribution is -2.36. The number of hydrogen-bond donors (Lipinski definition) is 1. The van der Waals surface area contributed by atoms with Gasteiger partial charge in [-0.2, -0.15) is 10.2 Å². The quantitative estimate of drug-likeness (QED) is 0.804. The Morgan fingerprint density at radius 3 is 2.84 bits per heavy atom. The first-order valence-corrected chi connectivity index (χ1v) is 6.79. The van der Waals surface area contributed by atoms with Crippen LogP contribution in [0.2, 0.25) is 0 Å². The van der Waals surface area contributed by atoms with Crippen molar-refractivity contribution in [3.8, 4) is 0 Å². The van der Waals surface area contributed by atoms with E-state index in [2.05, 4.69) is 27.4 Å². The monoisotopic (exact) mass is 260 g/mol. The van der Waals surface area contributed by atoms with Gasteiger partial charge in [-0.25, -0.2) is 4.98 Å². The Morgan fingerprint density at radius 2 is 2.21 bits per heavy atom. The third-order valence-electron chi connectivity index (χ3n) is 3.77. The van der Waals surface area contributed by atoms with Crippen LogP contribution in [0.25, 0.3) is 0 Å². The van der Waals surface area contributed by atoms with Gasteiger partial charge >= 0.3 is 0 Å². The average Bonchev–Trinajstić information content (AvgIpc) is 2.84. The first kappa shape index (κ1) is 12.3. The maximum atomic E-state index is 4.30. The van der Waals surface area contributed by atoms with Crippen LogP contribution in [0.3, 0.4) is 0 Å². The predicted octanol–water partition coefficient (Wildman–Crippen LogP) is 0.933. The third-order valence-corrected chi connectivity index (χ3v) is 3.77. The summed E-state index contributed by atoms with van der Waals surface area (Å²) < 4.78 is 3.90. The topological polar surface area (TPSA) is 60.6 Å². The van der Waals surface area contributed by atoms with Gasteiger partial charge in [-0.15, -0.1) is 0 Å². The van der Waals surface area contributed by atoms with Crippen LogP contribution in [0.15, 0.2) is 31.1 Å². The fraction of sp³-hybridized carbons (Fsp3) is 0.615. The lowest BCUT2D eigenvalue weighted by Gasteiger charge is -2.20. The molecule has 0 aromatic carbocycles. The molecule has 0 spiro atoms. The zero-order valence-corrected chi connectivity index (χ0v) is 11.2. The normalized spacial score (nSPS) is 18.4. The summed E-state index contributed by atoms with van der Waals surface area (Å²) in [6.45, 7) is 5.11. The van der Waals surface area contributed by atoms with Crippen molar-refractivity contribution in [2.75, 3.05) is 6.54 Å². The number of aromatic nitrogens is 5. The van der Waals surface area contributed by atoms with Crippen LogP contribution >= 0.6 is 0 Å². The molecule has 1 atom stereocenters. The second-order valence-electron chi connectivity index (χ2n) is 5.60. The zero-order valence-electron chi connectivity index (χ0n) is 11.2. The molecular weight excluding hydrogens is 240 g/mol. The molecule has 0 radical (unpaired) electrons. The van der Waals surface area contributed by atoms with Gasteiger partial charge in [0.05, 0.1) is 6.54 Å². The van der Waals surface area contributed by atoms with Crippen molar-refractivity contribution in [2.45, 2.75) is 38.9 Å². The van der Waals surface area contributed by atoms with Crippen LogP contribution in [-0.4, -0.2) is 37.1 Å². The van der Waals surface area contributed by atoms with E-state index in [9.17, 15) is 0 Å². The highest BCUT2D eigenvalue weighted by molar-refractivity contribution is 4.96. The van der Waals surface area contributed by atoms with E-state index in [0.29, 0.717) is 11.5 Å². The Hall–Kier alpha value is -1.69. The van der Waals surface area contributed by atoms with Crippen molar-refractivity contribution in [2.24, 2.45) is 5.41 Å². The van der Waals surface area contributed by atoms with Gasteiger partial charge in [-0.05, 0) is 25.8 Å². The molecule has 1 saturated carbocycles. The standard InChI is InChI=1S/C13H20N6/c1-12(7-19-11-14-10-17-19)15-8-13(3-4-13)9-18-6-2-5-16-18/h2,5-6,10-12,15H,3-4,7-9H2,1H3/t12-/m0/s1. The fourth-order valence-electron chi connectivity index (χ4n) is 2.37. The van der Waals surface area contributed by atoms with Gasteiger partial charge < -0.3 is 5.32 Å². The third kappa shape index (κ3) is 3.20. The van der Waals surface area contributed by atoms with E-state index in [1.165, 1.54) is 12.8 Å². The largest absolute Gasteiger partial charge is 0.312 e. The molecule has 2 aromatic rings. The highest BCUT2D eigenvalue weighted by atomic mass is 15.3. The van der Waals surface area contributed by atoms with Crippen LogP contribution in [0, 0.1) is 5.41 Å². The van der Waals surface area contributed by atoms with E-state index < -0.39 is 0 Å². The molecule has 1 fully saturated rings. The van der Waals surface area contributed by atoms with E-state index in [-0.39, 0.29) is 0 Å². The predicted molar refractivity (Wildman–Crippen MR) is 71.4 cm³/mol. The average molecular weight is 260 g/mol. The molecule has 0 saturated heterocycles. The second-order valence-corrected chi connectivity index (χ2v) is 5.60. The molecule has 0 aliphatic heterocycles. The van der Waals surface area contributed by atoms with Gasteiger partial charge in [0.15, 0.2) is 0 Å². The van der Waals surface area contributed by atoms with Crippen LogP contribution in [0.5, 0.6) is 0 Å². The van der Waals surface area contributed by atoms with Gasteiger partial charge in [0.1, 0.15) is 12.7 Å². The lowest BCUT2D eigenvalue weighted by molar-refractivity contribution is 0.340. The number of nitrogens with one attached hydrogen (secondary N) is 1. The summed E-state index contributed by atoms with van der Waals surface area (Å²) in [5.41, 5.74) is 0.405. The molecule has 0 amide bonds. The highest BCUT2D eigenvalue weighted by Crippen LogP contribution is 2.46. The van der Waals surface area contributed by atoms with Gasteiger partial charge in [-0.1, -0.05) is 0 Å². The lowest BCUT2D eigenvalue weighted by atomic mass is 10.1. The van der Waals surface area contributed by atoms with E-state index >= 15 is 0 Å². The summed E-state index contributed by atoms with van der Waals surface area (Å²) in [5.74, 6) is 0. The maximum Gasteiger partial charge on any atom is 0.137 e. The number of rotatable bonds is 7.